The van der Waals surface area contributed by atoms with Gasteiger partial charge in [0.25, 0.3) is 5.91 Å². The van der Waals surface area contributed by atoms with E-state index in [0.29, 0.717) is 34.9 Å². The van der Waals surface area contributed by atoms with E-state index in [2.05, 4.69) is 15.4 Å². The second-order valence-corrected chi connectivity index (χ2v) is 5.57. The summed E-state index contributed by atoms with van der Waals surface area (Å²) in [6, 6.07) is 3.72. The van der Waals surface area contributed by atoms with Gasteiger partial charge in [-0.25, -0.2) is 9.50 Å². The van der Waals surface area contributed by atoms with Gasteiger partial charge in [0.1, 0.15) is 22.8 Å². The Morgan fingerprint density at radius 1 is 1.36 bits per heavy atom. The second kappa shape index (κ2) is 6.39. The van der Waals surface area contributed by atoms with E-state index in [9.17, 15) is 4.79 Å². The number of fused-ring (bicyclic) bond motifs is 1. The molecule has 132 valence electrons. The Hall–Kier alpha value is -3.16. The predicted octanol–water partition coefficient (Wildman–Crippen LogP) is 2.19. The largest absolute Gasteiger partial charge is 0.497 e. The van der Waals surface area contributed by atoms with Gasteiger partial charge < -0.3 is 20.5 Å². The van der Waals surface area contributed by atoms with Crippen molar-refractivity contribution in [1.29, 1.82) is 0 Å². The predicted molar refractivity (Wildman–Crippen MR) is 95.5 cm³/mol. The SMILES string of the molecule is CCNc1c(-c2c(C)cc(OC)cc2OC)nc2c(C(N)=O)c[nH]n12. The van der Waals surface area contributed by atoms with Gasteiger partial charge in [0.15, 0.2) is 11.5 Å². The standard InChI is InChI=1S/C17H21N5O3/c1-5-19-17-14(21-16-11(15(18)23)8-20-22(16)17)13-9(2)6-10(24-3)7-12(13)25-4/h6-8,19-20H,5H2,1-4H3,(H2,18,23). The highest BCUT2D eigenvalue weighted by molar-refractivity contribution is 6.00. The summed E-state index contributed by atoms with van der Waals surface area (Å²) in [4.78, 5) is 16.3. The Morgan fingerprint density at radius 3 is 2.72 bits per heavy atom. The lowest BCUT2D eigenvalue weighted by Crippen LogP contribution is -2.10. The normalized spacial score (nSPS) is 10.9. The maximum atomic E-state index is 11.7. The van der Waals surface area contributed by atoms with Gasteiger partial charge in [-0.2, -0.15) is 0 Å². The molecular weight excluding hydrogens is 322 g/mol. The lowest BCUT2D eigenvalue weighted by molar-refractivity contribution is 0.100. The number of nitrogens with zero attached hydrogens (tertiary/aromatic N) is 2. The molecular formula is C17H21N5O3. The molecule has 0 aliphatic rings. The minimum atomic E-state index is -0.538. The summed E-state index contributed by atoms with van der Waals surface area (Å²) in [5, 5.41) is 6.31. The number of carbonyl (C=O) groups is 1. The van der Waals surface area contributed by atoms with Gasteiger partial charge in [-0.3, -0.25) is 9.89 Å². The first-order valence-corrected chi connectivity index (χ1v) is 7.88. The van der Waals surface area contributed by atoms with Crippen LogP contribution in [0.2, 0.25) is 0 Å². The third-order valence-corrected chi connectivity index (χ3v) is 4.03. The number of rotatable bonds is 6. The van der Waals surface area contributed by atoms with E-state index in [0.717, 1.165) is 16.9 Å². The van der Waals surface area contributed by atoms with Crippen LogP contribution < -0.4 is 20.5 Å². The molecule has 3 rings (SSSR count). The van der Waals surface area contributed by atoms with Gasteiger partial charge in [0.2, 0.25) is 0 Å². The number of amides is 1. The summed E-state index contributed by atoms with van der Waals surface area (Å²) in [7, 11) is 3.21. The summed E-state index contributed by atoms with van der Waals surface area (Å²) >= 11 is 0. The first kappa shape index (κ1) is 16.7. The molecule has 0 aliphatic carbocycles. The van der Waals surface area contributed by atoms with Crippen LogP contribution in [-0.2, 0) is 0 Å². The number of aromatic amines is 1. The number of nitrogens with two attached hydrogens (primary N) is 1. The number of carbonyl (C=O) groups excluding carboxylic acids is 1. The molecule has 0 atom stereocenters. The fraction of sp³-hybridized carbons (Fsp3) is 0.294. The molecule has 4 N–H and O–H groups in total. The summed E-state index contributed by atoms with van der Waals surface area (Å²) < 4.78 is 12.6. The van der Waals surface area contributed by atoms with Crippen LogP contribution in [0.5, 0.6) is 11.5 Å². The fourth-order valence-corrected chi connectivity index (χ4v) is 2.91. The Labute approximate surface area is 144 Å². The Balaban J connectivity index is 2.31. The highest BCUT2D eigenvalue weighted by Crippen LogP contribution is 2.40. The zero-order valence-electron chi connectivity index (χ0n) is 14.6. The zero-order chi connectivity index (χ0) is 18.1. The first-order valence-electron chi connectivity index (χ1n) is 7.88. The zero-order valence-corrected chi connectivity index (χ0v) is 14.6. The van der Waals surface area contributed by atoms with Gasteiger partial charge in [-0.15, -0.1) is 0 Å². The number of nitrogens with one attached hydrogen (secondary N) is 2. The van der Waals surface area contributed by atoms with Gasteiger partial charge in [0, 0.05) is 24.4 Å². The third-order valence-electron chi connectivity index (χ3n) is 4.03. The number of ether oxygens (including phenoxy) is 2. The average Bonchev–Trinajstić information content (AvgIpc) is 3.14. The van der Waals surface area contributed by atoms with Crippen LogP contribution in [0.15, 0.2) is 18.3 Å². The Morgan fingerprint density at radius 2 is 2.12 bits per heavy atom. The molecule has 0 unspecified atom stereocenters. The van der Waals surface area contributed by atoms with E-state index in [4.69, 9.17) is 15.2 Å². The maximum absolute atomic E-state index is 11.7. The molecule has 1 amide bonds. The highest BCUT2D eigenvalue weighted by atomic mass is 16.5. The highest BCUT2D eigenvalue weighted by Gasteiger charge is 2.23. The van der Waals surface area contributed by atoms with E-state index in [1.165, 1.54) is 0 Å². The van der Waals surface area contributed by atoms with Crippen LogP contribution in [0.3, 0.4) is 0 Å². The van der Waals surface area contributed by atoms with Crippen LogP contribution in [0, 0.1) is 6.92 Å². The molecule has 8 heteroatoms. The van der Waals surface area contributed by atoms with Crippen molar-refractivity contribution in [3.8, 4) is 22.8 Å². The van der Waals surface area contributed by atoms with Gasteiger partial charge >= 0.3 is 0 Å². The van der Waals surface area contributed by atoms with E-state index in [1.807, 2.05) is 19.9 Å². The van der Waals surface area contributed by atoms with E-state index in [-0.39, 0.29) is 0 Å². The monoisotopic (exact) mass is 343 g/mol. The summed E-state index contributed by atoms with van der Waals surface area (Å²) in [6.07, 6.45) is 1.55. The summed E-state index contributed by atoms with van der Waals surface area (Å²) in [5.41, 5.74) is 8.69. The molecule has 8 nitrogen and oxygen atoms in total. The number of aryl methyl sites for hydroxylation is 1. The molecule has 2 heterocycles. The molecule has 0 radical (unpaired) electrons. The second-order valence-electron chi connectivity index (χ2n) is 5.57. The summed E-state index contributed by atoms with van der Waals surface area (Å²) in [5.74, 6) is 1.53. The summed E-state index contributed by atoms with van der Waals surface area (Å²) in [6.45, 7) is 4.63. The number of benzene rings is 1. The van der Waals surface area contributed by atoms with Gasteiger partial charge in [-0.05, 0) is 25.5 Å². The van der Waals surface area contributed by atoms with Crippen molar-refractivity contribution in [2.45, 2.75) is 13.8 Å². The molecule has 0 saturated carbocycles. The molecule has 2 aromatic heterocycles. The number of hydrogen-bond donors (Lipinski definition) is 3. The Kier molecular flexibility index (Phi) is 4.26. The first-order chi connectivity index (χ1) is 12.0. The Bertz CT molecular complexity index is 942. The number of methoxy groups -OCH3 is 2. The molecule has 25 heavy (non-hydrogen) atoms. The number of primary amides is 1. The third kappa shape index (κ3) is 2.65. The molecule has 0 saturated heterocycles. The van der Waals surface area contributed by atoms with Crippen molar-refractivity contribution in [2.75, 3.05) is 26.1 Å². The molecule has 3 aromatic rings. The average molecular weight is 343 g/mol. The van der Waals surface area contributed by atoms with Crippen molar-refractivity contribution >= 4 is 17.4 Å². The molecule has 0 aliphatic heterocycles. The van der Waals surface area contributed by atoms with Gasteiger partial charge in [0.05, 0.1) is 14.2 Å². The van der Waals surface area contributed by atoms with Crippen molar-refractivity contribution in [3.05, 3.63) is 29.5 Å². The smallest absolute Gasteiger partial charge is 0.254 e. The molecule has 0 fully saturated rings. The maximum Gasteiger partial charge on any atom is 0.254 e. The number of aromatic nitrogens is 3. The lowest BCUT2D eigenvalue weighted by atomic mass is 10.0. The van der Waals surface area contributed by atoms with Crippen LogP contribution in [0.1, 0.15) is 22.8 Å². The minimum Gasteiger partial charge on any atom is -0.497 e. The van der Waals surface area contributed by atoms with Crippen LogP contribution >= 0.6 is 0 Å². The lowest BCUT2D eigenvalue weighted by Gasteiger charge is -2.14. The van der Waals surface area contributed by atoms with Crippen LogP contribution in [0.4, 0.5) is 5.82 Å². The van der Waals surface area contributed by atoms with E-state index in [1.54, 1.807) is 31.0 Å². The number of anilines is 1. The number of H-pyrrole nitrogens is 1. The minimum absolute atomic E-state index is 0.329. The fourth-order valence-electron chi connectivity index (χ4n) is 2.91. The van der Waals surface area contributed by atoms with Crippen molar-refractivity contribution < 1.29 is 14.3 Å². The molecule has 1 aromatic carbocycles. The van der Waals surface area contributed by atoms with Crippen LogP contribution in [-0.4, -0.2) is 41.3 Å². The topological polar surface area (TPSA) is 107 Å². The van der Waals surface area contributed by atoms with E-state index >= 15 is 0 Å². The van der Waals surface area contributed by atoms with E-state index < -0.39 is 5.91 Å². The molecule has 0 bridgehead atoms. The number of hydrogen-bond acceptors (Lipinski definition) is 5. The van der Waals surface area contributed by atoms with Crippen molar-refractivity contribution in [3.63, 3.8) is 0 Å². The quantitative estimate of drug-likeness (QED) is 0.636. The molecule has 0 spiro atoms. The van der Waals surface area contributed by atoms with Crippen molar-refractivity contribution in [1.82, 2.24) is 14.6 Å². The van der Waals surface area contributed by atoms with Gasteiger partial charge in [-0.1, -0.05) is 0 Å². The van der Waals surface area contributed by atoms with Crippen molar-refractivity contribution in [2.24, 2.45) is 5.73 Å². The van der Waals surface area contributed by atoms with Crippen LogP contribution in [0.25, 0.3) is 16.9 Å². The number of imidazole rings is 1.